The molecule has 1 aliphatic heterocycles. The fraction of sp³-hybridized carbons (Fsp3) is 0.407. The zero-order valence-electron chi connectivity index (χ0n) is 20.3. The van der Waals surface area contributed by atoms with Gasteiger partial charge in [0, 0.05) is 23.8 Å². The third kappa shape index (κ3) is 3.97. The Bertz CT molecular complexity index is 1520. The van der Waals surface area contributed by atoms with Gasteiger partial charge in [-0.3, -0.25) is 9.48 Å². The van der Waals surface area contributed by atoms with Crippen LogP contribution in [0, 0.1) is 17.2 Å². The van der Waals surface area contributed by atoms with E-state index in [4.69, 9.17) is 14.8 Å². The Morgan fingerprint density at radius 1 is 1.19 bits per heavy atom. The molecule has 3 atom stereocenters. The maximum atomic E-state index is 12.8. The van der Waals surface area contributed by atoms with Gasteiger partial charge in [-0.15, -0.1) is 0 Å². The lowest BCUT2D eigenvalue weighted by atomic mass is 9.85. The first kappa shape index (κ1) is 22.6. The largest absolute Gasteiger partial charge is 0.377 e. The highest BCUT2D eigenvalue weighted by molar-refractivity contribution is 5.92. The van der Waals surface area contributed by atoms with Crippen molar-refractivity contribution in [2.75, 3.05) is 30.0 Å². The van der Waals surface area contributed by atoms with Gasteiger partial charge in [0.05, 0.1) is 48.3 Å². The molecule has 0 amide bonds. The fourth-order valence-corrected chi connectivity index (χ4v) is 5.55. The number of anilines is 3. The van der Waals surface area contributed by atoms with Gasteiger partial charge in [-0.2, -0.15) is 10.4 Å². The molecule has 9 heteroatoms. The molecule has 4 aromatic rings. The topological polar surface area (TPSA) is 112 Å². The number of hydrogen-bond donors (Lipinski definition) is 2. The van der Waals surface area contributed by atoms with Crippen LogP contribution in [-0.2, 0) is 4.74 Å². The maximum absolute atomic E-state index is 12.8. The standard InChI is InChI=1S/C27H29N7O2/c1-17-16-36-13-12-33(17)24-9-6-18-14-20(7-8-21(18)31-24)30-26-25-23(10-11-29-27(25)35)34(32-26)22-5-3-2-4-19(22)15-28/h6-11,14,17,19,22H,2-5,12-13,16H2,1H3,(H,29,35)(H,30,32)/t17-,19+,22-/m0/s1. The van der Waals surface area contributed by atoms with Gasteiger partial charge in [0.1, 0.15) is 11.2 Å². The SMILES string of the molecule is C[C@H]1COCCN1c1ccc2cc(Nc3nn([C@H]4CCCC[C@@H]4C#N)c4cc[nH]c(=O)c34)ccc2n1. The smallest absolute Gasteiger partial charge is 0.261 e. The molecule has 0 unspecified atom stereocenters. The van der Waals surface area contributed by atoms with Crippen LogP contribution in [0.3, 0.4) is 0 Å². The normalized spacial score (nSPS) is 22.6. The first-order chi connectivity index (χ1) is 17.6. The predicted octanol–water partition coefficient (Wildman–Crippen LogP) is 4.50. The van der Waals surface area contributed by atoms with Crippen LogP contribution >= 0.6 is 0 Å². The fourth-order valence-electron chi connectivity index (χ4n) is 5.55. The average Bonchev–Trinajstić information content (AvgIpc) is 3.28. The minimum Gasteiger partial charge on any atom is -0.377 e. The number of aromatic nitrogens is 4. The van der Waals surface area contributed by atoms with E-state index in [1.54, 1.807) is 6.20 Å². The van der Waals surface area contributed by atoms with Gasteiger partial charge in [-0.1, -0.05) is 12.8 Å². The number of nitrogens with zero attached hydrogens (tertiary/aromatic N) is 5. The van der Waals surface area contributed by atoms with Crippen LogP contribution < -0.4 is 15.8 Å². The Morgan fingerprint density at radius 2 is 2.08 bits per heavy atom. The zero-order chi connectivity index (χ0) is 24.6. The van der Waals surface area contributed by atoms with Crippen molar-refractivity contribution in [1.82, 2.24) is 19.7 Å². The van der Waals surface area contributed by atoms with Crippen LogP contribution in [0.2, 0.25) is 0 Å². The molecule has 2 fully saturated rings. The molecule has 1 aromatic carbocycles. The molecule has 9 nitrogen and oxygen atoms in total. The molecule has 0 radical (unpaired) electrons. The van der Waals surface area contributed by atoms with E-state index < -0.39 is 0 Å². The minimum absolute atomic E-state index is 0.0367. The van der Waals surface area contributed by atoms with Crippen LogP contribution in [0.1, 0.15) is 38.6 Å². The van der Waals surface area contributed by atoms with E-state index in [1.807, 2.05) is 35.0 Å². The van der Waals surface area contributed by atoms with Crippen molar-refractivity contribution < 1.29 is 4.74 Å². The van der Waals surface area contributed by atoms with Crippen molar-refractivity contribution in [2.24, 2.45) is 5.92 Å². The van der Waals surface area contributed by atoms with Gasteiger partial charge in [-0.05, 0) is 56.2 Å². The summed E-state index contributed by atoms with van der Waals surface area (Å²) in [4.78, 5) is 22.8. The van der Waals surface area contributed by atoms with Gasteiger partial charge < -0.3 is 19.9 Å². The van der Waals surface area contributed by atoms with Gasteiger partial charge in [-0.25, -0.2) is 4.98 Å². The lowest BCUT2D eigenvalue weighted by Crippen LogP contribution is -2.44. The highest BCUT2D eigenvalue weighted by Crippen LogP contribution is 2.36. The summed E-state index contributed by atoms with van der Waals surface area (Å²) in [6, 6.07) is 14.7. The number of pyridine rings is 2. The maximum Gasteiger partial charge on any atom is 0.261 e. The number of ether oxygens (including phenoxy) is 1. The molecule has 0 bridgehead atoms. The number of H-pyrrole nitrogens is 1. The lowest BCUT2D eigenvalue weighted by molar-refractivity contribution is 0.0986. The van der Waals surface area contributed by atoms with Crippen LogP contribution in [0.25, 0.3) is 21.8 Å². The quantitative estimate of drug-likeness (QED) is 0.440. The third-order valence-corrected chi connectivity index (χ3v) is 7.44. The molecule has 36 heavy (non-hydrogen) atoms. The van der Waals surface area contributed by atoms with E-state index in [9.17, 15) is 10.1 Å². The summed E-state index contributed by atoms with van der Waals surface area (Å²) in [6.07, 6.45) is 5.49. The monoisotopic (exact) mass is 483 g/mol. The van der Waals surface area contributed by atoms with Crippen LogP contribution in [-0.4, -0.2) is 45.5 Å². The summed E-state index contributed by atoms with van der Waals surface area (Å²) in [5.74, 6) is 1.35. The second-order valence-electron chi connectivity index (χ2n) is 9.77. The molecule has 1 aliphatic carbocycles. The van der Waals surface area contributed by atoms with E-state index in [-0.39, 0.29) is 23.6 Å². The van der Waals surface area contributed by atoms with Gasteiger partial charge in [0.25, 0.3) is 5.56 Å². The summed E-state index contributed by atoms with van der Waals surface area (Å²) in [5, 5.41) is 19.4. The molecule has 6 rings (SSSR count). The molecule has 4 heterocycles. The minimum atomic E-state index is -0.197. The van der Waals surface area contributed by atoms with Crippen molar-refractivity contribution in [3.8, 4) is 6.07 Å². The summed E-state index contributed by atoms with van der Waals surface area (Å²) < 4.78 is 7.45. The van der Waals surface area contributed by atoms with E-state index in [2.05, 4.69) is 34.3 Å². The van der Waals surface area contributed by atoms with Crippen molar-refractivity contribution in [3.63, 3.8) is 0 Å². The van der Waals surface area contributed by atoms with Crippen molar-refractivity contribution in [1.29, 1.82) is 5.26 Å². The van der Waals surface area contributed by atoms with Crippen molar-refractivity contribution >= 4 is 39.1 Å². The van der Waals surface area contributed by atoms with Gasteiger partial charge in [0.2, 0.25) is 0 Å². The number of rotatable bonds is 4. The molecule has 184 valence electrons. The van der Waals surface area contributed by atoms with Crippen LogP contribution in [0.4, 0.5) is 17.3 Å². The Balaban J connectivity index is 1.34. The first-order valence-corrected chi connectivity index (χ1v) is 12.6. The lowest BCUT2D eigenvalue weighted by Gasteiger charge is -2.34. The zero-order valence-corrected chi connectivity index (χ0v) is 20.3. The highest BCUT2D eigenvalue weighted by Gasteiger charge is 2.30. The Labute approximate surface area is 208 Å². The van der Waals surface area contributed by atoms with Crippen molar-refractivity contribution in [3.05, 3.63) is 52.9 Å². The second-order valence-corrected chi connectivity index (χ2v) is 9.77. The number of morpholine rings is 1. The molecule has 3 aromatic heterocycles. The number of nitrogens with one attached hydrogen (secondary N) is 2. The molecule has 0 spiro atoms. The Kier molecular flexibility index (Phi) is 5.82. The highest BCUT2D eigenvalue weighted by atomic mass is 16.5. The molecule has 2 aliphatic rings. The summed E-state index contributed by atoms with van der Waals surface area (Å²) in [6.45, 7) is 4.40. The Morgan fingerprint density at radius 3 is 2.94 bits per heavy atom. The number of nitriles is 1. The average molecular weight is 484 g/mol. The van der Waals surface area contributed by atoms with Crippen LogP contribution in [0.5, 0.6) is 0 Å². The van der Waals surface area contributed by atoms with E-state index in [0.717, 1.165) is 60.2 Å². The molecular formula is C27H29N7O2. The van der Waals surface area contributed by atoms with E-state index in [0.29, 0.717) is 24.4 Å². The third-order valence-electron chi connectivity index (χ3n) is 7.44. The first-order valence-electron chi connectivity index (χ1n) is 12.6. The molecule has 1 saturated carbocycles. The van der Waals surface area contributed by atoms with Gasteiger partial charge >= 0.3 is 0 Å². The summed E-state index contributed by atoms with van der Waals surface area (Å²) >= 11 is 0. The molecular weight excluding hydrogens is 454 g/mol. The number of hydrogen-bond acceptors (Lipinski definition) is 7. The van der Waals surface area contributed by atoms with Crippen molar-refractivity contribution in [2.45, 2.75) is 44.7 Å². The van der Waals surface area contributed by atoms with E-state index in [1.165, 1.54) is 0 Å². The van der Waals surface area contributed by atoms with Crippen LogP contribution in [0.15, 0.2) is 47.4 Å². The van der Waals surface area contributed by atoms with E-state index >= 15 is 0 Å². The number of benzene rings is 1. The molecule has 1 saturated heterocycles. The summed E-state index contributed by atoms with van der Waals surface area (Å²) in [7, 11) is 0. The second kappa shape index (κ2) is 9.28. The molecule has 2 N–H and O–H groups in total. The Hall–Kier alpha value is -3.90. The number of aromatic amines is 1. The van der Waals surface area contributed by atoms with Gasteiger partial charge in [0.15, 0.2) is 5.82 Å². The predicted molar refractivity (Wildman–Crippen MR) is 140 cm³/mol. The summed E-state index contributed by atoms with van der Waals surface area (Å²) in [5.41, 5.74) is 2.29. The number of fused-ring (bicyclic) bond motifs is 2.